The van der Waals surface area contributed by atoms with Crippen LogP contribution in [0.4, 0.5) is 0 Å². The molecule has 0 aliphatic carbocycles. The summed E-state index contributed by atoms with van der Waals surface area (Å²) < 4.78 is 13.6. The van der Waals surface area contributed by atoms with Gasteiger partial charge in [0.2, 0.25) is 0 Å². The van der Waals surface area contributed by atoms with Gasteiger partial charge in [-0.05, 0) is 39.8 Å². The van der Waals surface area contributed by atoms with E-state index in [-0.39, 0.29) is 17.0 Å². The zero-order chi connectivity index (χ0) is 13.8. The van der Waals surface area contributed by atoms with Crippen LogP contribution in [0.5, 0.6) is 5.75 Å². The first-order valence-corrected chi connectivity index (χ1v) is 6.32. The molecule has 0 unspecified atom stereocenters. The van der Waals surface area contributed by atoms with E-state index in [9.17, 15) is 5.11 Å². The Labute approximate surface area is 112 Å². The standard InChI is InChI=1S/C13H17BN2O3/c1-12(2)13(3,4)19-14(18-12)10-7-15-16-8-9(17)5-6-11(10)16/h5-8,17H,1-4H3. The van der Waals surface area contributed by atoms with Crippen molar-refractivity contribution < 1.29 is 14.4 Å². The Bertz CT molecular complexity index is 620. The molecule has 0 saturated carbocycles. The van der Waals surface area contributed by atoms with Gasteiger partial charge < -0.3 is 14.4 Å². The Balaban J connectivity index is 2.03. The molecule has 6 heteroatoms. The molecule has 3 heterocycles. The molecule has 0 amide bonds. The van der Waals surface area contributed by atoms with Crippen LogP contribution < -0.4 is 5.46 Å². The van der Waals surface area contributed by atoms with Crippen molar-refractivity contribution in [3.63, 3.8) is 0 Å². The number of aromatic nitrogens is 2. The third-order valence-corrected chi connectivity index (χ3v) is 4.04. The molecule has 2 aromatic rings. The highest BCUT2D eigenvalue weighted by Crippen LogP contribution is 2.36. The number of rotatable bonds is 1. The monoisotopic (exact) mass is 260 g/mol. The maximum Gasteiger partial charge on any atom is 0.498 e. The highest BCUT2D eigenvalue weighted by molar-refractivity contribution is 6.64. The summed E-state index contributed by atoms with van der Waals surface area (Å²) >= 11 is 0. The minimum absolute atomic E-state index is 0.177. The van der Waals surface area contributed by atoms with E-state index in [1.54, 1.807) is 23.0 Å². The lowest BCUT2D eigenvalue weighted by atomic mass is 9.80. The predicted molar refractivity (Wildman–Crippen MR) is 72.6 cm³/mol. The van der Waals surface area contributed by atoms with E-state index in [1.165, 1.54) is 0 Å². The van der Waals surface area contributed by atoms with Crippen LogP contribution in [0.1, 0.15) is 27.7 Å². The number of fused-ring (bicyclic) bond motifs is 1. The lowest BCUT2D eigenvalue weighted by Gasteiger charge is -2.32. The summed E-state index contributed by atoms with van der Waals surface area (Å²) in [5, 5.41) is 13.7. The van der Waals surface area contributed by atoms with Crippen molar-refractivity contribution in [1.82, 2.24) is 9.61 Å². The average molecular weight is 260 g/mol. The van der Waals surface area contributed by atoms with E-state index in [0.29, 0.717) is 0 Å². The quantitative estimate of drug-likeness (QED) is 0.786. The summed E-state index contributed by atoms with van der Waals surface area (Å²) in [5.41, 5.74) is 1.00. The van der Waals surface area contributed by atoms with Gasteiger partial charge >= 0.3 is 7.12 Å². The fraction of sp³-hybridized carbons (Fsp3) is 0.462. The van der Waals surface area contributed by atoms with Crippen molar-refractivity contribution in [2.45, 2.75) is 38.9 Å². The minimum atomic E-state index is -0.438. The average Bonchev–Trinajstić information content (AvgIpc) is 2.77. The molecule has 0 aromatic carbocycles. The fourth-order valence-electron chi connectivity index (χ4n) is 2.14. The predicted octanol–water partition coefficient (Wildman–Crippen LogP) is 1.34. The van der Waals surface area contributed by atoms with Crippen molar-refractivity contribution in [1.29, 1.82) is 0 Å². The van der Waals surface area contributed by atoms with Crippen molar-refractivity contribution in [3.8, 4) is 5.75 Å². The largest absolute Gasteiger partial charge is 0.506 e. The molecule has 0 atom stereocenters. The van der Waals surface area contributed by atoms with Gasteiger partial charge in [-0.3, -0.25) is 0 Å². The van der Waals surface area contributed by atoms with Gasteiger partial charge in [0.15, 0.2) is 0 Å². The van der Waals surface area contributed by atoms with Gasteiger partial charge in [-0.1, -0.05) is 0 Å². The SMILES string of the molecule is CC1(C)OB(c2cnn3cc(O)ccc23)OC1(C)C. The first-order valence-electron chi connectivity index (χ1n) is 6.32. The zero-order valence-electron chi connectivity index (χ0n) is 11.5. The molecule has 2 aromatic heterocycles. The molecule has 100 valence electrons. The molecular formula is C13H17BN2O3. The Morgan fingerprint density at radius 1 is 1.16 bits per heavy atom. The van der Waals surface area contributed by atoms with Gasteiger partial charge in [-0.15, -0.1) is 0 Å². The lowest BCUT2D eigenvalue weighted by Crippen LogP contribution is -2.41. The summed E-state index contributed by atoms with van der Waals surface area (Å²) in [6, 6.07) is 3.44. The molecule has 1 aliphatic rings. The maximum atomic E-state index is 9.45. The number of aromatic hydroxyl groups is 1. The van der Waals surface area contributed by atoms with E-state index in [1.807, 2.05) is 33.8 Å². The summed E-state index contributed by atoms with van der Waals surface area (Å²) in [6.45, 7) is 8.07. The second-order valence-electron chi connectivity index (χ2n) is 5.91. The van der Waals surface area contributed by atoms with Crippen LogP contribution in [0.3, 0.4) is 0 Å². The summed E-state index contributed by atoms with van der Waals surface area (Å²) in [4.78, 5) is 0. The van der Waals surface area contributed by atoms with E-state index in [4.69, 9.17) is 9.31 Å². The van der Waals surface area contributed by atoms with Gasteiger partial charge in [0.05, 0.1) is 22.9 Å². The van der Waals surface area contributed by atoms with Crippen molar-refractivity contribution >= 4 is 18.1 Å². The smallest absolute Gasteiger partial charge is 0.498 e. The van der Waals surface area contributed by atoms with E-state index in [2.05, 4.69) is 5.10 Å². The van der Waals surface area contributed by atoms with Crippen LogP contribution in [-0.2, 0) is 9.31 Å². The molecule has 3 rings (SSSR count). The zero-order valence-corrected chi connectivity index (χ0v) is 11.5. The third kappa shape index (κ3) is 1.83. The van der Waals surface area contributed by atoms with E-state index < -0.39 is 7.12 Å². The lowest BCUT2D eigenvalue weighted by molar-refractivity contribution is 0.00578. The van der Waals surface area contributed by atoms with Gasteiger partial charge in [0.25, 0.3) is 0 Å². The summed E-state index contributed by atoms with van der Waals surface area (Å²) in [7, 11) is -0.438. The molecule has 5 nitrogen and oxygen atoms in total. The second kappa shape index (κ2) is 3.74. The van der Waals surface area contributed by atoms with Crippen molar-refractivity contribution in [3.05, 3.63) is 24.5 Å². The summed E-state index contributed by atoms with van der Waals surface area (Å²) in [5.74, 6) is 0.177. The van der Waals surface area contributed by atoms with Gasteiger partial charge in [0, 0.05) is 11.7 Å². The van der Waals surface area contributed by atoms with Crippen LogP contribution in [0.25, 0.3) is 5.52 Å². The molecule has 19 heavy (non-hydrogen) atoms. The Kier molecular flexibility index (Phi) is 2.46. The Morgan fingerprint density at radius 2 is 1.79 bits per heavy atom. The van der Waals surface area contributed by atoms with Crippen LogP contribution in [0, 0.1) is 0 Å². The van der Waals surface area contributed by atoms with Gasteiger partial charge in [-0.2, -0.15) is 5.10 Å². The maximum absolute atomic E-state index is 9.45. The highest BCUT2D eigenvalue weighted by atomic mass is 16.7. The van der Waals surface area contributed by atoms with E-state index >= 15 is 0 Å². The molecule has 0 bridgehead atoms. The molecule has 1 saturated heterocycles. The van der Waals surface area contributed by atoms with Crippen molar-refractivity contribution in [2.75, 3.05) is 0 Å². The highest BCUT2D eigenvalue weighted by Gasteiger charge is 2.52. The summed E-state index contributed by atoms with van der Waals surface area (Å²) in [6.07, 6.45) is 3.28. The van der Waals surface area contributed by atoms with Gasteiger partial charge in [0.1, 0.15) is 5.75 Å². The molecule has 0 radical (unpaired) electrons. The number of pyridine rings is 1. The molecule has 0 spiro atoms. The molecule has 1 aliphatic heterocycles. The normalized spacial score (nSPS) is 21.2. The third-order valence-electron chi connectivity index (χ3n) is 4.04. The fourth-order valence-corrected chi connectivity index (χ4v) is 2.14. The molecular weight excluding hydrogens is 243 g/mol. The minimum Gasteiger partial charge on any atom is -0.506 e. The molecule has 1 fully saturated rings. The number of nitrogens with zero attached hydrogens (tertiary/aromatic N) is 2. The number of hydrogen-bond acceptors (Lipinski definition) is 4. The van der Waals surface area contributed by atoms with Crippen LogP contribution in [0.15, 0.2) is 24.5 Å². The van der Waals surface area contributed by atoms with Crippen LogP contribution in [-0.4, -0.2) is 33.0 Å². The first-order chi connectivity index (χ1) is 8.80. The Hall–Kier alpha value is -1.53. The van der Waals surface area contributed by atoms with E-state index in [0.717, 1.165) is 11.0 Å². The molecule has 1 N–H and O–H groups in total. The first kappa shape index (κ1) is 12.5. The van der Waals surface area contributed by atoms with Crippen molar-refractivity contribution in [2.24, 2.45) is 0 Å². The van der Waals surface area contributed by atoms with Crippen LogP contribution >= 0.6 is 0 Å². The second-order valence-corrected chi connectivity index (χ2v) is 5.91. The number of hydrogen-bond donors (Lipinski definition) is 1. The van der Waals surface area contributed by atoms with Gasteiger partial charge in [-0.25, -0.2) is 4.52 Å². The van der Waals surface area contributed by atoms with Crippen LogP contribution in [0.2, 0.25) is 0 Å². The Morgan fingerprint density at radius 3 is 2.42 bits per heavy atom. The topological polar surface area (TPSA) is 56.0 Å².